The van der Waals surface area contributed by atoms with E-state index in [1.54, 1.807) is 18.2 Å². The number of methoxy groups -OCH3 is 1. The van der Waals surface area contributed by atoms with Gasteiger partial charge in [0.25, 0.3) is 0 Å². The fraction of sp³-hybridized carbons (Fsp3) is 0.462. The van der Waals surface area contributed by atoms with Gasteiger partial charge in [-0.3, -0.25) is 0 Å². The molecule has 3 N–H and O–H groups in total. The van der Waals surface area contributed by atoms with Gasteiger partial charge in [-0.25, -0.2) is 4.79 Å². The van der Waals surface area contributed by atoms with E-state index in [0.29, 0.717) is 22.9 Å². The predicted molar refractivity (Wildman–Crippen MR) is 75.9 cm³/mol. The Hall–Kier alpha value is -1.46. The lowest BCUT2D eigenvalue weighted by Gasteiger charge is -2.17. The molecular formula is C13H19ClN2O3. The molecule has 0 saturated carbocycles. The molecule has 19 heavy (non-hydrogen) atoms. The molecule has 0 aromatic heterocycles. The Kier molecular flexibility index (Phi) is 6.45. The van der Waals surface area contributed by atoms with Crippen molar-refractivity contribution in [3.8, 4) is 5.75 Å². The largest absolute Gasteiger partial charge is 0.493 e. The second-order valence-corrected chi connectivity index (χ2v) is 4.44. The van der Waals surface area contributed by atoms with Crippen LogP contribution in [-0.4, -0.2) is 30.9 Å². The van der Waals surface area contributed by atoms with Crippen LogP contribution < -0.4 is 15.4 Å². The highest BCUT2D eigenvalue weighted by Crippen LogP contribution is 2.32. The summed E-state index contributed by atoms with van der Waals surface area (Å²) in [5, 5.41) is 14.8. The van der Waals surface area contributed by atoms with Crippen LogP contribution in [0.2, 0.25) is 5.02 Å². The molecule has 0 bridgehead atoms. The number of aliphatic hydroxyl groups excluding tert-OH is 1. The number of urea groups is 1. The standard InChI is InChI=1S/C13H19ClN2O3/c1-3-9(7-8-17)15-13(18)16-11-6-4-5-10(14)12(11)19-2/h4-6,9,17H,3,7-8H2,1-2H3,(H2,15,16,18)/t9-/m1/s1. The maximum Gasteiger partial charge on any atom is 0.319 e. The first-order valence-corrected chi connectivity index (χ1v) is 6.51. The van der Waals surface area contributed by atoms with Gasteiger partial charge in [-0.1, -0.05) is 24.6 Å². The van der Waals surface area contributed by atoms with E-state index >= 15 is 0 Å². The quantitative estimate of drug-likeness (QED) is 0.753. The zero-order chi connectivity index (χ0) is 14.3. The van der Waals surface area contributed by atoms with Gasteiger partial charge in [0, 0.05) is 12.6 Å². The SMILES string of the molecule is CC[C@H](CCO)NC(=O)Nc1cccc(Cl)c1OC. The molecule has 0 aliphatic carbocycles. The smallest absolute Gasteiger partial charge is 0.319 e. The number of benzene rings is 1. The summed E-state index contributed by atoms with van der Waals surface area (Å²) in [6.45, 7) is 1.99. The van der Waals surface area contributed by atoms with Crippen LogP contribution in [0.5, 0.6) is 5.75 Å². The van der Waals surface area contributed by atoms with Crippen LogP contribution in [0.25, 0.3) is 0 Å². The van der Waals surface area contributed by atoms with Crippen LogP contribution in [0, 0.1) is 0 Å². The number of amides is 2. The van der Waals surface area contributed by atoms with Crippen molar-refractivity contribution in [3.63, 3.8) is 0 Å². The molecule has 5 nitrogen and oxygen atoms in total. The Balaban J connectivity index is 2.69. The summed E-state index contributed by atoms with van der Waals surface area (Å²) in [5.74, 6) is 0.425. The van der Waals surface area contributed by atoms with Crippen molar-refractivity contribution < 1.29 is 14.6 Å². The molecule has 0 aliphatic rings. The third-order valence-electron chi connectivity index (χ3n) is 2.72. The Labute approximate surface area is 117 Å². The van der Waals surface area contributed by atoms with Gasteiger partial charge in [0.15, 0.2) is 5.75 Å². The number of carbonyl (C=O) groups excluding carboxylic acids is 1. The lowest BCUT2D eigenvalue weighted by Crippen LogP contribution is -2.38. The van der Waals surface area contributed by atoms with Crippen molar-refractivity contribution in [1.29, 1.82) is 0 Å². The number of anilines is 1. The number of nitrogens with one attached hydrogen (secondary N) is 2. The number of aliphatic hydroxyl groups is 1. The van der Waals surface area contributed by atoms with E-state index in [1.807, 2.05) is 6.92 Å². The van der Waals surface area contributed by atoms with E-state index in [1.165, 1.54) is 7.11 Å². The van der Waals surface area contributed by atoms with Gasteiger partial charge in [-0.05, 0) is 25.0 Å². The van der Waals surface area contributed by atoms with Crippen molar-refractivity contribution in [3.05, 3.63) is 23.2 Å². The zero-order valence-corrected chi connectivity index (χ0v) is 11.8. The van der Waals surface area contributed by atoms with Crippen molar-refractivity contribution in [2.24, 2.45) is 0 Å². The maximum atomic E-state index is 11.8. The molecule has 0 heterocycles. The highest BCUT2D eigenvalue weighted by atomic mass is 35.5. The van der Waals surface area contributed by atoms with Crippen LogP contribution >= 0.6 is 11.6 Å². The minimum absolute atomic E-state index is 0.0409. The third kappa shape index (κ3) is 4.61. The topological polar surface area (TPSA) is 70.6 Å². The normalized spacial score (nSPS) is 11.8. The molecule has 1 rings (SSSR count). The summed E-state index contributed by atoms with van der Waals surface area (Å²) in [6, 6.07) is 4.71. The molecule has 0 fully saturated rings. The number of para-hydroxylation sites is 1. The number of halogens is 1. The number of ether oxygens (including phenoxy) is 1. The highest BCUT2D eigenvalue weighted by Gasteiger charge is 2.13. The van der Waals surface area contributed by atoms with Gasteiger partial charge < -0.3 is 20.5 Å². The third-order valence-corrected chi connectivity index (χ3v) is 3.02. The van der Waals surface area contributed by atoms with Crippen molar-refractivity contribution in [2.45, 2.75) is 25.8 Å². The summed E-state index contributed by atoms with van der Waals surface area (Å²) < 4.78 is 5.14. The molecule has 0 saturated heterocycles. The molecular weight excluding hydrogens is 268 g/mol. The molecule has 0 aliphatic heterocycles. The minimum atomic E-state index is -0.346. The molecule has 2 amide bonds. The van der Waals surface area contributed by atoms with Crippen LogP contribution in [0.15, 0.2) is 18.2 Å². The van der Waals surface area contributed by atoms with E-state index in [-0.39, 0.29) is 18.7 Å². The van der Waals surface area contributed by atoms with Gasteiger partial charge in [0.2, 0.25) is 0 Å². The zero-order valence-electron chi connectivity index (χ0n) is 11.1. The first-order valence-electron chi connectivity index (χ1n) is 6.13. The first-order chi connectivity index (χ1) is 9.12. The number of carbonyl (C=O) groups is 1. The first kappa shape index (κ1) is 15.6. The van der Waals surface area contributed by atoms with E-state index in [9.17, 15) is 4.79 Å². The van der Waals surface area contributed by atoms with E-state index in [2.05, 4.69) is 10.6 Å². The lowest BCUT2D eigenvalue weighted by atomic mass is 10.2. The number of hydrogen-bond acceptors (Lipinski definition) is 3. The van der Waals surface area contributed by atoms with E-state index < -0.39 is 0 Å². The second kappa shape index (κ2) is 7.86. The van der Waals surface area contributed by atoms with Crippen molar-refractivity contribution in [2.75, 3.05) is 19.0 Å². The molecule has 106 valence electrons. The number of hydrogen-bond donors (Lipinski definition) is 3. The highest BCUT2D eigenvalue weighted by molar-refractivity contribution is 6.32. The van der Waals surface area contributed by atoms with Crippen molar-refractivity contribution in [1.82, 2.24) is 5.32 Å². The average Bonchev–Trinajstić information content (AvgIpc) is 2.38. The predicted octanol–water partition coefficient (Wildman–Crippen LogP) is 2.63. The average molecular weight is 287 g/mol. The van der Waals surface area contributed by atoms with E-state index in [4.69, 9.17) is 21.4 Å². The van der Waals surface area contributed by atoms with Crippen LogP contribution in [-0.2, 0) is 0 Å². The van der Waals surface area contributed by atoms with Gasteiger partial charge in [-0.15, -0.1) is 0 Å². The molecule has 0 spiro atoms. The lowest BCUT2D eigenvalue weighted by molar-refractivity contribution is 0.237. The fourth-order valence-corrected chi connectivity index (χ4v) is 1.94. The fourth-order valence-electron chi connectivity index (χ4n) is 1.69. The molecule has 1 aromatic carbocycles. The molecule has 0 radical (unpaired) electrons. The van der Waals surface area contributed by atoms with Crippen LogP contribution in [0.3, 0.4) is 0 Å². The number of rotatable bonds is 6. The summed E-state index contributed by atoms with van der Waals surface area (Å²) in [5.41, 5.74) is 0.506. The molecule has 1 atom stereocenters. The Bertz CT molecular complexity index is 426. The molecule has 6 heteroatoms. The molecule has 1 aromatic rings. The van der Waals surface area contributed by atoms with Gasteiger partial charge in [-0.2, -0.15) is 0 Å². The Morgan fingerprint density at radius 2 is 2.26 bits per heavy atom. The van der Waals surface area contributed by atoms with Gasteiger partial charge in [0.1, 0.15) is 0 Å². The second-order valence-electron chi connectivity index (χ2n) is 4.04. The molecule has 0 unspecified atom stereocenters. The maximum absolute atomic E-state index is 11.8. The van der Waals surface area contributed by atoms with Crippen LogP contribution in [0.1, 0.15) is 19.8 Å². The summed E-state index contributed by atoms with van der Waals surface area (Å²) in [6.07, 6.45) is 1.28. The van der Waals surface area contributed by atoms with Crippen molar-refractivity contribution >= 4 is 23.3 Å². The summed E-state index contributed by atoms with van der Waals surface area (Å²) >= 11 is 5.97. The van der Waals surface area contributed by atoms with E-state index in [0.717, 1.165) is 6.42 Å². The Morgan fingerprint density at radius 3 is 2.84 bits per heavy atom. The van der Waals surface area contributed by atoms with Gasteiger partial charge in [0.05, 0.1) is 17.8 Å². The Morgan fingerprint density at radius 1 is 1.53 bits per heavy atom. The minimum Gasteiger partial charge on any atom is -0.493 e. The van der Waals surface area contributed by atoms with Gasteiger partial charge >= 0.3 is 6.03 Å². The monoisotopic (exact) mass is 286 g/mol. The summed E-state index contributed by atoms with van der Waals surface area (Å²) in [7, 11) is 1.49. The summed E-state index contributed by atoms with van der Waals surface area (Å²) in [4.78, 5) is 11.8. The van der Waals surface area contributed by atoms with Crippen LogP contribution in [0.4, 0.5) is 10.5 Å².